The lowest BCUT2D eigenvalue weighted by molar-refractivity contribution is -0.131. The summed E-state index contributed by atoms with van der Waals surface area (Å²) in [6.45, 7) is 0. The van der Waals surface area contributed by atoms with Crippen molar-refractivity contribution in [1.82, 2.24) is 9.97 Å². The van der Waals surface area contributed by atoms with Crippen LogP contribution < -0.4 is 0 Å². The van der Waals surface area contributed by atoms with Gasteiger partial charge in [-0.05, 0) is 42.0 Å². The third-order valence-electron chi connectivity index (χ3n) is 3.08. The first-order valence-corrected chi connectivity index (χ1v) is 6.59. The largest absolute Gasteiger partial charge is 0.478 e. The summed E-state index contributed by atoms with van der Waals surface area (Å²) >= 11 is 0. The summed E-state index contributed by atoms with van der Waals surface area (Å²) in [6, 6.07) is 9.24. The minimum Gasteiger partial charge on any atom is -0.478 e. The van der Waals surface area contributed by atoms with Crippen molar-refractivity contribution in [1.29, 1.82) is 0 Å². The van der Waals surface area contributed by atoms with Crippen LogP contribution in [0, 0.1) is 0 Å². The highest BCUT2D eigenvalue weighted by Gasteiger charge is 2.13. The van der Waals surface area contributed by atoms with Crippen molar-refractivity contribution in [2.75, 3.05) is 0 Å². The van der Waals surface area contributed by atoms with Gasteiger partial charge in [-0.3, -0.25) is 9.97 Å². The molecule has 0 amide bonds. The lowest BCUT2D eigenvalue weighted by atomic mass is 10.0. The van der Waals surface area contributed by atoms with Crippen molar-refractivity contribution < 1.29 is 14.3 Å². The molecule has 0 aliphatic heterocycles. The van der Waals surface area contributed by atoms with Crippen LogP contribution in [0.1, 0.15) is 5.76 Å². The summed E-state index contributed by atoms with van der Waals surface area (Å²) in [4.78, 5) is 18.7. The molecule has 0 atom stereocenters. The van der Waals surface area contributed by atoms with Gasteiger partial charge in [0.1, 0.15) is 11.5 Å². The maximum Gasteiger partial charge on any atom is 0.328 e. The van der Waals surface area contributed by atoms with Crippen molar-refractivity contribution in [3.05, 3.63) is 67.0 Å². The van der Waals surface area contributed by atoms with E-state index >= 15 is 0 Å². The molecule has 0 aliphatic rings. The number of nitrogens with zero attached hydrogens (tertiary/aromatic N) is 2. The van der Waals surface area contributed by atoms with E-state index in [1.807, 2.05) is 30.3 Å². The Bertz CT molecular complexity index is 751. The van der Waals surface area contributed by atoms with Gasteiger partial charge in [0.2, 0.25) is 0 Å². The molecule has 0 bridgehead atoms. The second-order valence-corrected chi connectivity index (χ2v) is 4.53. The molecule has 0 saturated heterocycles. The van der Waals surface area contributed by atoms with Crippen LogP contribution >= 0.6 is 0 Å². The Morgan fingerprint density at radius 1 is 1.00 bits per heavy atom. The molecule has 5 nitrogen and oxygen atoms in total. The van der Waals surface area contributed by atoms with Gasteiger partial charge in [-0.25, -0.2) is 4.79 Å². The first kappa shape index (κ1) is 13.8. The van der Waals surface area contributed by atoms with Gasteiger partial charge in [0.25, 0.3) is 0 Å². The Hall–Kier alpha value is -3.21. The summed E-state index contributed by atoms with van der Waals surface area (Å²) in [5.74, 6) is 0.118. The van der Waals surface area contributed by atoms with Gasteiger partial charge in [-0.15, -0.1) is 0 Å². The first-order valence-electron chi connectivity index (χ1n) is 6.59. The van der Waals surface area contributed by atoms with E-state index in [0.29, 0.717) is 11.5 Å². The molecular formula is C17H12N2O3. The molecule has 108 valence electrons. The Morgan fingerprint density at radius 2 is 1.59 bits per heavy atom. The number of carbonyl (C=O) groups is 1. The van der Waals surface area contributed by atoms with Crippen molar-refractivity contribution in [3.63, 3.8) is 0 Å². The Morgan fingerprint density at radius 3 is 2.18 bits per heavy atom. The van der Waals surface area contributed by atoms with E-state index in [1.54, 1.807) is 24.8 Å². The van der Waals surface area contributed by atoms with Crippen molar-refractivity contribution in [3.8, 4) is 22.5 Å². The van der Waals surface area contributed by atoms with Crippen LogP contribution in [0.15, 0.2) is 65.6 Å². The fraction of sp³-hybridized carbons (Fsp3) is 0. The summed E-state index contributed by atoms with van der Waals surface area (Å²) in [5, 5.41) is 8.74. The third kappa shape index (κ3) is 2.93. The number of carboxylic acid groups (broad SMARTS) is 1. The number of aromatic nitrogens is 2. The van der Waals surface area contributed by atoms with E-state index in [-0.39, 0.29) is 0 Å². The highest BCUT2D eigenvalue weighted by Crippen LogP contribution is 2.35. The zero-order chi connectivity index (χ0) is 15.4. The van der Waals surface area contributed by atoms with Gasteiger partial charge in [0.05, 0.1) is 0 Å². The number of carboxylic acids is 1. The molecule has 3 rings (SSSR count). The van der Waals surface area contributed by atoms with Crippen molar-refractivity contribution in [2.45, 2.75) is 0 Å². The molecule has 1 N–H and O–H groups in total. The van der Waals surface area contributed by atoms with E-state index in [1.165, 1.54) is 6.08 Å². The summed E-state index contributed by atoms with van der Waals surface area (Å²) in [5.41, 5.74) is 2.69. The van der Waals surface area contributed by atoms with E-state index in [4.69, 9.17) is 9.52 Å². The maximum absolute atomic E-state index is 10.7. The SMILES string of the molecule is O=C(O)/C=C/c1cc(-c2ccncc2)c(-c2ccncc2)o1. The van der Waals surface area contributed by atoms with Crippen LogP contribution in [0.3, 0.4) is 0 Å². The van der Waals surface area contributed by atoms with Gasteiger partial charge in [-0.2, -0.15) is 0 Å². The predicted molar refractivity (Wildman–Crippen MR) is 81.8 cm³/mol. The Labute approximate surface area is 126 Å². The van der Waals surface area contributed by atoms with Crippen molar-refractivity contribution in [2.24, 2.45) is 0 Å². The number of hydrogen-bond donors (Lipinski definition) is 1. The molecule has 22 heavy (non-hydrogen) atoms. The van der Waals surface area contributed by atoms with Crippen LogP contribution in [0.25, 0.3) is 28.5 Å². The molecule has 0 unspecified atom stereocenters. The molecule has 0 aliphatic carbocycles. The van der Waals surface area contributed by atoms with E-state index in [0.717, 1.165) is 22.8 Å². The lowest BCUT2D eigenvalue weighted by Gasteiger charge is -2.02. The monoisotopic (exact) mass is 292 g/mol. The summed E-state index contributed by atoms with van der Waals surface area (Å²) in [6.07, 6.45) is 9.24. The van der Waals surface area contributed by atoms with Crippen LogP contribution in [0.5, 0.6) is 0 Å². The lowest BCUT2D eigenvalue weighted by Crippen LogP contribution is -1.84. The standard InChI is InChI=1S/C17H12N2O3/c20-16(21)2-1-14-11-15(12-3-7-18-8-4-12)17(22-14)13-5-9-19-10-6-13/h1-11H,(H,20,21)/b2-1+. The average Bonchev–Trinajstić information content (AvgIpc) is 2.99. The van der Waals surface area contributed by atoms with Gasteiger partial charge >= 0.3 is 5.97 Å². The fourth-order valence-corrected chi connectivity index (χ4v) is 2.11. The Balaban J connectivity index is 2.12. The zero-order valence-corrected chi connectivity index (χ0v) is 11.5. The molecule has 3 aromatic rings. The second-order valence-electron chi connectivity index (χ2n) is 4.53. The van der Waals surface area contributed by atoms with Gasteiger partial charge < -0.3 is 9.52 Å². The number of pyridine rings is 2. The van der Waals surface area contributed by atoms with E-state index < -0.39 is 5.97 Å². The highest BCUT2D eigenvalue weighted by atomic mass is 16.4. The Kier molecular flexibility index (Phi) is 3.78. The minimum atomic E-state index is -1.02. The van der Waals surface area contributed by atoms with Gasteiger partial charge in [0, 0.05) is 42.0 Å². The van der Waals surface area contributed by atoms with Gasteiger partial charge in [0.15, 0.2) is 0 Å². The molecule has 3 heterocycles. The summed E-state index contributed by atoms with van der Waals surface area (Å²) < 4.78 is 5.81. The molecule has 0 saturated carbocycles. The first-order chi connectivity index (χ1) is 10.7. The topological polar surface area (TPSA) is 76.2 Å². The van der Waals surface area contributed by atoms with Crippen molar-refractivity contribution >= 4 is 12.0 Å². The third-order valence-corrected chi connectivity index (χ3v) is 3.08. The number of rotatable bonds is 4. The molecule has 0 radical (unpaired) electrons. The molecule has 5 heteroatoms. The van der Waals surface area contributed by atoms with Crippen LogP contribution in [-0.4, -0.2) is 21.0 Å². The molecule has 0 fully saturated rings. The fourth-order valence-electron chi connectivity index (χ4n) is 2.11. The number of aliphatic carboxylic acids is 1. The quantitative estimate of drug-likeness (QED) is 0.745. The van der Waals surface area contributed by atoms with Crippen LogP contribution in [0.2, 0.25) is 0 Å². The summed E-state index contributed by atoms with van der Waals surface area (Å²) in [7, 11) is 0. The molecule has 3 aromatic heterocycles. The van der Waals surface area contributed by atoms with E-state index in [9.17, 15) is 4.79 Å². The molecular weight excluding hydrogens is 280 g/mol. The number of furan rings is 1. The smallest absolute Gasteiger partial charge is 0.328 e. The number of hydrogen-bond acceptors (Lipinski definition) is 4. The normalized spacial score (nSPS) is 10.9. The zero-order valence-electron chi connectivity index (χ0n) is 11.5. The maximum atomic E-state index is 10.7. The van der Waals surface area contributed by atoms with Crippen LogP contribution in [-0.2, 0) is 4.79 Å². The average molecular weight is 292 g/mol. The van der Waals surface area contributed by atoms with Gasteiger partial charge in [-0.1, -0.05) is 0 Å². The van der Waals surface area contributed by atoms with Crippen LogP contribution in [0.4, 0.5) is 0 Å². The minimum absolute atomic E-state index is 0.473. The molecule has 0 aromatic carbocycles. The predicted octanol–water partition coefficient (Wildman–Crippen LogP) is 3.50. The second kappa shape index (κ2) is 6.05. The highest BCUT2D eigenvalue weighted by molar-refractivity contribution is 5.86. The van der Waals surface area contributed by atoms with E-state index in [2.05, 4.69) is 9.97 Å². The molecule has 0 spiro atoms.